The van der Waals surface area contributed by atoms with Crippen molar-refractivity contribution in [2.24, 2.45) is 23.2 Å². The highest BCUT2D eigenvalue weighted by atomic mass is 16.5. The van der Waals surface area contributed by atoms with E-state index < -0.39 is 5.97 Å². The fraction of sp³-hybridized carbons (Fsp3) is 0.636. The van der Waals surface area contributed by atoms with Gasteiger partial charge in [0.15, 0.2) is 6.61 Å². The highest BCUT2D eigenvalue weighted by Gasteiger charge is 2.53. The standard InChI is InChI=1S/C22H29NO4/c1-14(22-10-15-7-16(11-22)9-17(8-15)12-22)23-20(24)13-27-21(25)18-3-5-19(26-2)6-4-18/h3-6,14-17H,7-13H2,1-2H3,(H,23,24). The number of nitrogens with one attached hydrogen (secondary N) is 1. The van der Waals surface area contributed by atoms with E-state index in [1.165, 1.54) is 38.5 Å². The van der Waals surface area contributed by atoms with Crippen LogP contribution in [-0.2, 0) is 9.53 Å². The molecule has 4 bridgehead atoms. The average Bonchev–Trinajstić information content (AvgIpc) is 2.65. The summed E-state index contributed by atoms with van der Waals surface area (Å²) in [5.41, 5.74) is 0.669. The van der Waals surface area contributed by atoms with Crippen LogP contribution in [0.1, 0.15) is 55.8 Å². The molecule has 4 saturated carbocycles. The SMILES string of the molecule is COc1ccc(C(=O)OCC(=O)NC(C)C23CC4CC(CC(C4)C2)C3)cc1. The number of rotatable bonds is 6. The number of benzene rings is 1. The quantitative estimate of drug-likeness (QED) is 0.777. The maximum Gasteiger partial charge on any atom is 0.338 e. The monoisotopic (exact) mass is 371 g/mol. The Morgan fingerprint density at radius 1 is 1.07 bits per heavy atom. The third-order valence-electron chi connectivity index (χ3n) is 7.04. The third kappa shape index (κ3) is 3.69. The number of hydrogen-bond donors (Lipinski definition) is 1. The summed E-state index contributed by atoms with van der Waals surface area (Å²) < 4.78 is 10.3. The van der Waals surface area contributed by atoms with Gasteiger partial charge in [0.1, 0.15) is 5.75 Å². The first-order valence-electron chi connectivity index (χ1n) is 10.1. The lowest BCUT2D eigenvalue weighted by molar-refractivity contribution is -0.128. The minimum absolute atomic E-state index is 0.137. The van der Waals surface area contributed by atoms with Crippen molar-refractivity contribution in [3.63, 3.8) is 0 Å². The van der Waals surface area contributed by atoms with E-state index in [1.807, 2.05) is 0 Å². The Morgan fingerprint density at radius 2 is 1.63 bits per heavy atom. The minimum atomic E-state index is -0.490. The number of methoxy groups -OCH3 is 1. The Labute approximate surface area is 160 Å². The Bertz CT molecular complexity index is 676. The highest BCUT2D eigenvalue weighted by molar-refractivity contribution is 5.91. The summed E-state index contributed by atoms with van der Waals surface area (Å²) in [4.78, 5) is 24.5. The van der Waals surface area contributed by atoms with Crippen LogP contribution in [-0.4, -0.2) is 31.6 Å². The summed E-state index contributed by atoms with van der Waals surface area (Å²) in [5, 5.41) is 3.13. The van der Waals surface area contributed by atoms with Crippen molar-refractivity contribution in [1.82, 2.24) is 5.32 Å². The van der Waals surface area contributed by atoms with Gasteiger partial charge in [-0.15, -0.1) is 0 Å². The molecule has 146 valence electrons. The first-order chi connectivity index (χ1) is 13.0. The fourth-order valence-electron chi connectivity index (χ4n) is 6.09. The maximum atomic E-state index is 12.4. The number of carbonyl (C=O) groups is 2. The van der Waals surface area contributed by atoms with Crippen molar-refractivity contribution in [2.75, 3.05) is 13.7 Å². The number of esters is 1. The molecule has 1 atom stereocenters. The molecule has 0 aliphatic heterocycles. The number of carbonyl (C=O) groups excluding carboxylic acids is 2. The van der Waals surface area contributed by atoms with Gasteiger partial charge in [-0.2, -0.15) is 0 Å². The van der Waals surface area contributed by atoms with Crippen LogP contribution in [0.2, 0.25) is 0 Å². The lowest BCUT2D eigenvalue weighted by Crippen LogP contribution is -2.56. The third-order valence-corrected chi connectivity index (χ3v) is 7.04. The second kappa shape index (κ2) is 7.17. The number of hydrogen-bond acceptors (Lipinski definition) is 4. The summed E-state index contributed by atoms with van der Waals surface area (Å²) in [7, 11) is 1.57. The first kappa shape index (κ1) is 18.3. The second-order valence-electron chi connectivity index (χ2n) is 8.87. The lowest BCUT2D eigenvalue weighted by atomic mass is 9.48. The Hall–Kier alpha value is -2.04. The van der Waals surface area contributed by atoms with Gasteiger partial charge >= 0.3 is 5.97 Å². The van der Waals surface area contributed by atoms with Gasteiger partial charge < -0.3 is 14.8 Å². The fourth-order valence-corrected chi connectivity index (χ4v) is 6.09. The molecule has 0 aromatic heterocycles. The summed E-state index contributed by atoms with van der Waals surface area (Å²) in [6.07, 6.45) is 7.89. The zero-order valence-electron chi connectivity index (χ0n) is 16.2. The van der Waals surface area contributed by atoms with E-state index in [9.17, 15) is 9.59 Å². The van der Waals surface area contributed by atoms with Crippen LogP contribution in [0.15, 0.2) is 24.3 Å². The second-order valence-corrected chi connectivity index (χ2v) is 8.87. The van der Waals surface area contributed by atoms with Gasteiger partial charge in [-0.1, -0.05) is 0 Å². The molecule has 0 spiro atoms. The lowest BCUT2D eigenvalue weighted by Gasteiger charge is -2.59. The van der Waals surface area contributed by atoms with Gasteiger partial charge in [-0.05, 0) is 92.9 Å². The van der Waals surface area contributed by atoms with Gasteiger partial charge in [0, 0.05) is 6.04 Å². The smallest absolute Gasteiger partial charge is 0.338 e. The van der Waals surface area contributed by atoms with E-state index in [4.69, 9.17) is 9.47 Å². The Morgan fingerprint density at radius 3 is 2.15 bits per heavy atom. The highest BCUT2D eigenvalue weighted by Crippen LogP contribution is 2.61. The van der Waals surface area contributed by atoms with Crippen LogP contribution in [0.3, 0.4) is 0 Å². The van der Waals surface area contributed by atoms with Crippen molar-refractivity contribution in [1.29, 1.82) is 0 Å². The van der Waals surface area contributed by atoms with E-state index in [1.54, 1.807) is 31.4 Å². The van der Waals surface area contributed by atoms with Crippen molar-refractivity contribution < 1.29 is 19.1 Å². The van der Waals surface area contributed by atoms with Gasteiger partial charge in [0.25, 0.3) is 5.91 Å². The number of amides is 1. The van der Waals surface area contributed by atoms with Crippen molar-refractivity contribution >= 4 is 11.9 Å². The van der Waals surface area contributed by atoms with Crippen LogP contribution in [0.5, 0.6) is 5.75 Å². The van der Waals surface area contributed by atoms with Gasteiger partial charge in [-0.3, -0.25) is 4.79 Å². The van der Waals surface area contributed by atoms with Gasteiger partial charge in [0.2, 0.25) is 0 Å². The van der Waals surface area contributed by atoms with Crippen molar-refractivity contribution in [3.8, 4) is 5.75 Å². The minimum Gasteiger partial charge on any atom is -0.497 e. The van der Waals surface area contributed by atoms with E-state index in [2.05, 4.69) is 12.2 Å². The predicted octanol–water partition coefficient (Wildman–Crippen LogP) is 3.57. The molecule has 1 unspecified atom stereocenters. The zero-order chi connectivity index (χ0) is 19.0. The topological polar surface area (TPSA) is 64.6 Å². The van der Waals surface area contributed by atoms with Crippen molar-refractivity contribution in [2.45, 2.75) is 51.5 Å². The summed E-state index contributed by atoms with van der Waals surface area (Å²) >= 11 is 0. The molecule has 0 heterocycles. The van der Waals surface area contributed by atoms with Crippen LogP contribution in [0.25, 0.3) is 0 Å². The normalized spacial score (nSPS) is 32.0. The molecular weight excluding hydrogens is 342 g/mol. The Balaban J connectivity index is 1.29. The number of ether oxygens (including phenoxy) is 2. The summed E-state index contributed by atoms with van der Waals surface area (Å²) in [6.45, 7) is 1.90. The molecule has 1 N–H and O–H groups in total. The van der Waals surface area contributed by atoms with Crippen LogP contribution >= 0.6 is 0 Å². The average molecular weight is 371 g/mol. The summed E-state index contributed by atoms with van der Waals surface area (Å²) in [6, 6.07) is 6.81. The zero-order valence-corrected chi connectivity index (χ0v) is 16.2. The van der Waals surface area contributed by atoms with E-state index in [0.29, 0.717) is 11.3 Å². The Kier molecular flexibility index (Phi) is 4.87. The van der Waals surface area contributed by atoms with Crippen LogP contribution in [0.4, 0.5) is 0 Å². The molecule has 5 heteroatoms. The molecular formula is C22H29NO4. The molecule has 4 fully saturated rings. The van der Waals surface area contributed by atoms with E-state index >= 15 is 0 Å². The molecule has 4 aliphatic carbocycles. The first-order valence-corrected chi connectivity index (χ1v) is 10.1. The molecule has 1 aromatic rings. The summed E-state index contributed by atoms with van der Waals surface area (Å²) in [5.74, 6) is 2.53. The molecule has 0 saturated heterocycles. The molecule has 1 aromatic carbocycles. The van der Waals surface area contributed by atoms with Crippen LogP contribution in [0, 0.1) is 23.2 Å². The molecule has 4 aliphatic rings. The molecule has 5 nitrogen and oxygen atoms in total. The molecule has 5 rings (SSSR count). The van der Waals surface area contributed by atoms with Crippen molar-refractivity contribution in [3.05, 3.63) is 29.8 Å². The predicted molar refractivity (Wildman–Crippen MR) is 101 cm³/mol. The maximum absolute atomic E-state index is 12.4. The molecule has 0 radical (unpaired) electrons. The van der Waals surface area contributed by atoms with Crippen LogP contribution < -0.4 is 10.1 Å². The molecule has 27 heavy (non-hydrogen) atoms. The molecule has 1 amide bonds. The van der Waals surface area contributed by atoms with E-state index in [-0.39, 0.29) is 24.0 Å². The van der Waals surface area contributed by atoms with E-state index in [0.717, 1.165) is 17.8 Å². The van der Waals surface area contributed by atoms with Gasteiger partial charge in [0.05, 0.1) is 12.7 Å². The van der Waals surface area contributed by atoms with Gasteiger partial charge in [-0.25, -0.2) is 4.79 Å². The largest absolute Gasteiger partial charge is 0.497 e.